The fourth-order valence-electron chi connectivity index (χ4n) is 0.977. The van der Waals surface area contributed by atoms with Crippen molar-refractivity contribution >= 4 is 11.6 Å². The Morgan fingerprint density at radius 3 is 2.62 bits per heavy atom. The van der Waals surface area contributed by atoms with E-state index in [4.69, 9.17) is 16.3 Å². The standard InChI is InChI=1S/C11H9ClO/c12-8-11(9-13-11)7-6-10-4-2-1-3-5-10/h1-5H,8-9H2. The van der Waals surface area contributed by atoms with Crippen molar-refractivity contribution in [1.82, 2.24) is 0 Å². The van der Waals surface area contributed by atoms with Crippen LogP contribution in [0.2, 0.25) is 0 Å². The van der Waals surface area contributed by atoms with Crippen LogP contribution in [0.15, 0.2) is 30.3 Å². The lowest BCUT2D eigenvalue weighted by atomic mass is 10.1. The maximum atomic E-state index is 5.69. The molecule has 0 N–H and O–H groups in total. The Balaban J connectivity index is 2.13. The Labute approximate surface area is 82.7 Å². The predicted octanol–water partition coefficient (Wildman–Crippen LogP) is 2.05. The SMILES string of the molecule is ClCC1(C#Cc2ccccc2)CO1. The van der Waals surface area contributed by atoms with Crippen molar-refractivity contribution in [2.75, 3.05) is 12.5 Å². The van der Waals surface area contributed by atoms with Gasteiger partial charge in [0.2, 0.25) is 0 Å². The van der Waals surface area contributed by atoms with Gasteiger partial charge in [-0.05, 0) is 12.1 Å². The van der Waals surface area contributed by atoms with Gasteiger partial charge in [-0.15, -0.1) is 11.6 Å². The summed E-state index contributed by atoms with van der Waals surface area (Å²) in [5.41, 5.74) is 0.653. The molecule has 2 heteroatoms. The molecular weight excluding hydrogens is 184 g/mol. The second kappa shape index (κ2) is 3.41. The molecule has 0 spiro atoms. The van der Waals surface area contributed by atoms with Crippen LogP contribution in [-0.4, -0.2) is 18.1 Å². The highest BCUT2D eigenvalue weighted by atomic mass is 35.5. The average Bonchev–Trinajstić information content (AvgIpc) is 2.97. The van der Waals surface area contributed by atoms with Crippen molar-refractivity contribution in [3.8, 4) is 11.8 Å². The molecule has 1 aromatic carbocycles. The summed E-state index contributed by atoms with van der Waals surface area (Å²) >= 11 is 5.69. The van der Waals surface area contributed by atoms with Crippen LogP contribution in [0, 0.1) is 11.8 Å². The third kappa shape index (κ3) is 2.03. The lowest BCUT2D eigenvalue weighted by molar-refractivity contribution is 0.380. The number of epoxide rings is 1. The zero-order chi connectivity index (χ0) is 9.15. The molecule has 1 aromatic rings. The van der Waals surface area contributed by atoms with E-state index in [0.717, 1.165) is 5.56 Å². The Morgan fingerprint density at radius 2 is 2.08 bits per heavy atom. The van der Waals surface area contributed by atoms with Gasteiger partial charge in [0.25, 0.3) is 0 Å². The van der Waals surface area contributed by atoms with Crippen LogP contribution >= 0.6 is 11.6 Å². The van der Waals surface area contributed by atoms with Gasteiger partial charge in [-0.3, -0.25) is 0 Å². The molecule has 0 saturated carbocycles. The summed E-state index contributed by atoms with van der Waals surface area (Å²) in [5, 5.41) is 0. The molecule has 1 heterocycles. The van der Waals surface area contributed by atoms with E-state index < -0.39 is 0 Å². The van der Waals surface area contributed by atoms with E-state index in [2.05, 4.69) is 11.8 Å². The van der Waals surface area contributed by atoms with Crippen molar-refractivity contribution in [3.05, 3.63) is 35.9 Å². The van der Waals surface area contributed by atoms with E-state index >= 15 is 0 Å². The fourth-order valence-corrected chi connectivity index (χ4v) is 1.20. The molecule has 2 rings (SSSR count). The van der Waals surface area contributed by atoms with Crippen LogP contribution in [0.4, 0.5) is 0 Å². The number of alkyl halides is 1. The zero-order valence-electron chi connectivity index (χ0n) is 7.09. The Kier molecular flexibility index (Phi) is 2.26. The minimum atomic E-state index is -0.350. The second-order valence-electron chi connectivity index (χ2n) is 3.03. The minimum Gasteiger partial charge on any atom is -0.355 e. The Hall–Kier alpha value is -0.970. The molecule has 1 nitrogen and oxygen atoms in total. The van der Waals surface area contributed by atoms with Gasteiger partial charge in [-0.1, -0.05) is 30.0 Å². The molecule has 0 radical (unpaired) electrons. The number of hydrogen-bond donors (Lipinski definition) is 0. The van der Waals surface area contributed by atoms with Crippen molar-refractivity contribution in [3.63, 3.8) is 0 Å². The van der Waals surface area contributed by atoms with Crippen LogP contribution in [-0.2, 0) is 4.74 Å². The lowest BCUT2D eigenvalue weighted by Gasteiger charge is -1.93. The van der Waals surface area contributed by atoms with Crippen molar-refractivity contribution in [1.29, 1.82) is 0 Å². The summed E-state index contributed by atoms with van der Waals surface area (Å²) in [6, 6.07) is 9.83. The molecule has 13 heavy (non-hydrogen) atoms. The monoisotopic (exact) mass is 192 g/mol. The number of halogens is 1. The number of benzene rings is 1. The van der Waals surface area contributed by atoms with Crippen LogP contribution in [0.3, 0.4) is 0 Å². The third-order valence-corrected chi connectivity index (χ3v) is 2.35. The molecule has 66 valence electrons. The molecule has 1 aliphatic rings. The Morgan fingerprint density at radius 1 is 1.38 bits per heavy atom. The van der Waals surface area contributed by atoms with Crippen molar-refractivity contribution in [2.24, 2.45) is 0 Å². The summed E-state index contributed by atoms with van der Waals surface area (Å²) in [7, 11) is 0. The number of ether oxygens (including phenoxy) is 1. The summed E-state index contributed by atoms with van der Waals surface area (Å²) in [6.45, 7) is 0.663. The molecule has 0 aliphatic carbocycles. The number of rotatable bonds is 1. The molecule has 1 unspecified atom stereocenters. The summed E-state index contributed by atoms with van der Waals surface area (Å²) in [6.07, 6.45) is 0. The van der Waals surface area contributed by atoms with E-state index in [9.17, 15) is 0 Å². The molecule has 0 amide bonds. The van der Waals surface area contributed by atoms with E-state index in [0.29, 0.717) is 12.5 Å². The van der Waals surface area contributed by atoms with Gasteiger partial charge in [-0.2, -0.15) is 0 Å². The van der Waals surface area contributed by atoms with Crippen molar-refractivity contribution in [2.45, 2.75) is 5.60 Å². The first-order valence-corrected chi connectivity index (χ1v) is 4.66. The third-order valence-electron chi connectivity index (χ3n) is 1.92. The zero-order valence-corrected chi connectivity index (χ0v) is 7.84. The highest BCUT2D eigenvalue weighted by Crippen LogP contribution is 2.27. The van der Waals surface area contributed by atoms with Gasteiger partial charge in [0.1, 0.15) is 0 Å². The van der Waals surface area contributed by atoms with Gasteiger partial charge in [-0.25, -0.2) is 0 Å². The van der Waals surface area contributed by atoms with Crippen LogP contribution < -0.4 is 0 Å². The summed E-state index contributed by atoms with van der Waals surface area (Å²) < 4.78 is 5.16. The summed E-state index contributed by atoms with van der Waals surface area (Å²) in [4.78, 5) is 0. The minimum absolute atomic E-state index is 0.350. The highest BCUT2D eigenvalue weighted by Gasteiger charge is 2.42. The maximum absolute atomic E-state index is 5.69. The van der Waals surface area contributed by atoms with Crippen molar-refractivity contribution < 1.29 is 4.74 Å². The van der Waals surface area contributed by atoms with E-state index in [1.165, 1.54) is 0 Å². The van der Waals surface area contributed by atoms with Crippen LogP contribution in [0.1, 0.15) is 5.56 Å². The predicted molar refractivity (Wildman–Crippen MR) is 52.7 cm³/mol. The van der Waals surface area contributed by atoms with Gasteiger partial charge in [0.05, 0.1) is 12.5 Å². The van der Waals surface area contributed by atoms with E-state index in [1.807, 2.05) is 30.3 Å². The van der Waals surface area contributed by atoms with E-state index in [1.54, 1.807) is 0 Å². The van der Waals surface area contributed by atoms with Gasteiger partial charge in [0, 0.05) is 5.56 Å². The molecule has 1 aliphatic heterocycles. The normalized spacial score (nSPS) is 24.7. The van der Waals surface area contributed by atoms with Gasteiger partial charge >= 0.3 is 0 Å². The summed E-state index contributed by atoms with van der Waals surface area (Å²) in [5.74, 6) is 6.52. The quantitative estimate of drug-likeness (QED) is 0.377. The van der Waals surface area contributed by atoms with Gasteiger partial charge < -0.3 is 4.74 Å². The van der Waals surface area contributed by atoms with Crippen LogP contribution in [0.25, 0.3) is 0 Å². The van der Waals surface area contributed by atoms with Crippen LogP contribution in [0.5, 0.6) is 0 Å². The Bertz CT molecular complexity index is 343. The fraction of sp³-hybridized carbons (Fsp3) is 0.273. The molecular formula is C11H9ClO. The van der Waals surface area contributed by atoms with Gasteiger partial charge in [0.15, 0.2) is 5.60 Å². The maximum Gasteiger partial charge on any atom is 0.165 e. The lowest BCUT2D eigenvalue weighted by Crippen LogP contribution is -2.08. The molecule has 1 atom stereocenters. The molecule has 1 saturated heterocycles. The molecule has 0 aromatic heterocycles. The second-order valence-corrected chi connectivity index (χ2v) is 3.30. The topological polar surface area (TPSA) is 12.5 Å². The largest absolute Gasteiger partial charge is 0.355 e. The first-order chi connectivity index (χ1) is 6.35. The first-order valence-electron chi connectivity index (χ1n) is 4.13. The smallest absolute Gasteiger partial charge is 0.165 e. The first kappa shape index (κ1) is 8.62. The molecule has 1 fully saturated rings. The molecule has 0 bridgehead atoms. The average molecular weight is 193 g/mol. The van der Waals surface area contributed by atoms with E-state index in [-0.39, 0.29) is 5.60 Å². The highest BCUT2D eigenvalue weighted by molar-refractivity contribution is 6.19. The number of hydrogen-bond acceptors (Lipinski definition) is 1.